The zero-order valence-electron chi connectivity index (χ0n) is 12.4. The van der Waals surface area contributed by atoms with Crippen LogP contribution in [0.3, 0.4) is 0 Å². The number of aliphatic carboxylic acids is 1. The second-order valence-electron chi connectivity index (χ2n) is 4.91. The number of carboxylic acids is 1. The molecule has 1 heterocycles. The lowest BCUT2D eigenvalue weighted by Crippen LogP contribution is -2.38. The van der Waals surface area contributed by atoms with E-state index in [1.165, 1.54) is 0 Å². The zero-order valence-corrected chi connectivity index (χ0v) is 12.4. The van der Waals surface area contributed by atoms with E-state index in [0.717, 1.165) is 11.5 Å². The second-order valence-corrected chi connectivity index (χ2v) is 4.91. The molecule has 21 heavy (non-hydrogen) atoms. The Labute approximate surface area is 124 Å². The van der Waals surface area contributed by atoms with Crippen molar-refractivity contribution in [3.05, 3.63) is 18.2 Å². The van der Waals surface area contributed by atoms with Crippen LogP contribution in [0.4, 0.5) is 0 Å². The van der Waals surface area contributed by atoms with Gasteiger partial charge in [-0.15, -0.1) is 0 Å². The van der Waals surface area contributed by atoms with Crippen molar-refractivity contribution in [1.82, 2.24) is 5.32 Å². The average molecular weight is 297 g/mol. The van der Waals surface area contributed by atoms with E-state index in [9.17, 15) is 4.79 Å². The third kappa shape index (κ3) is 6.01. The molecule has 2 unspecified atom stereocenters. The van der Waals surface area contributed by atoms with Crippen molar-refractivity contribution in [1.29, 1.82) is 0 Å². The Bertz CT molecular complexity index is 463. The summed E-state index contributed by atoms with van der Waals surface area (Å²) in [5.74, 6) is 0.847. The van der Waals surface area contributed by atoms with E-state index in [0.29, 0.717) is 19.4 Å². The molecule has 0 aromatic heterocycles. The second kappa shape index (κ2) is 8.49. The van der Waals surface area contributed by atoms with Crippen LogP contribution in [0.25, 0.3) is 0 Å². The molecule has 0 spiro atoms. The van der Waals surface area contributed by atoms with Crippen LogP contribution in [0.5, 0.6) is 17.2 Å². The van der Waals surface area contributed by atoms with Gasteiger partial charge in [0.25, 0.3) is 0 Å². The summed E-state index contributed by atoms with van der Waals surface area (Å²) in [5.41, 5.74) is 0. The molecule has 0 amide bonds. The first-order valence-corrected chi connectivity index (χ1v) is 7.07. The van der Waals surface area contributed by atoms with Crippen LogP contribution in [-0.2, 0) is 4.79 Å². The molecule has 2 atom stereocenters. The van der Waals surface area contributed by atoms with E-state index in [1.807, 2.05) is 13.8 Å². The lowest BCUT2D eigenvalue weighted by molar-refractivity contribution is -0.142. The summed E-state index contributed by atoms with van der Waals surface area (Å²) in [6, 6.07) is 4.90. The van der Waals surface area contributed by atoms with Crippen molar-refractivity contribution in [2.45, 2.75) is 32.7 Å². The standard InChI is InChI=1S/C9H19NO3.C6H4O2/c1-3-8(9(12)13)7(2)10-5-4-6-11;7-4-1-2-5-6(3-4)8-5/h7-8,10-11H,3-6H2,1-2H3,(H,12,13);1-3,7H. The van der Waals surface area contributed by atoms with Gasteiger partial charge in [-0.1, -0.05) is 6.92 Å². The first-order valence-electron chi connectivity index (χ1n) is 7.07. The molecule has 1 aliphatic heterocycles. The summed E-state index contributed by atoms with van der Waals surface area (Å²) in [6.45, 7) is 4.54. The van der Waals surface area contributed by atoms with E-state index in [4.69, 9.17) is 20.1 Å². The number of nitrogens with one attached hydrogen (secondary N) is 1. The number of ether oxygens (including phenoxy) is 1. The Hall–Kier alpha value is -1.79. The maximum Gasteiger partial charge on any atom is 0.308 e. The fraction of sp³-hybridized carbons (Fsp3) is 0.533. The van der Waals surface area contributed by atoms with Gasteiger partial charge >= 0.3 is 5.97 Å². The van der Waals surface area contributed by atoms with Gasteiger partial charge in [0.2, 0.25) is 0 Å². The van der Waals surface area contributed by atoms with Crippen LogP contribution in [0.1, 0.15) is 26.7 Å². The Morgan fingerprint density at radius 3 is 2.57 bits per heavy atom. The highest BCUT2D eigenvalue weighted by Crippen LogP contribution is 2.46. The summed E-state index contributed by atoms with van der Waals surface area (Å²) in [6.07, 6.45) is 1.29. The van der Waals surface area contributed by atoms with Crippen LogP contribution >= 0.6 is 0 Å². The van der Waals surface area contributed by atoms with Crippen LogP contribution in [0.15, 0.2) is 18.2 Å². The first kappa shape index (κ1) is 17.3. The fourth-order valence-electron chi connectivity index (χ4n) is 1.95. The van der Waals surface area contributed by atoms with Gasteiger partial charge in [-0.2, -0.15) is 0 Å². The third-order valence-electron chi connectivity index (χ3n) is 3.27. The Balaban J connectivity index is 0.000000230. The molecule has 4 N–H and O–H groups in total. The van der Waals surface area contributed by atoms with Gasteiger partial charge in [-0.25, -0.2) is 0 Å². The van der Waals surface area contributed by atoms with Gasteiger partial charge < -0.3 is 25.4 Å². The van der Waals surface area contributed by atoms with E-state index in [-0.39, 0.29) is 24.3 Å². The topological polar surface area (TPSA) is 102 Å². The van der Waals surface area contributed by atoms with Crippen LogP contribution in [0, 0.1) is 5.92 Å². The molecule has 6 heteroatoms. The number of phenols is 1. The maximum absolute atomic E-state index is 10.7. The van der Waals surface area contributed by atoms with E-state index in [1.54, 1.807) is 18.2 Å². The number of carboxylic acid groups (broad SMARTS) is 1. The van der Waals surface area contributed by atoms with E-state index >= 15 is 0 Å². The summed E-state index contributed by atoms with van der Waals surface area (Å²) in [4.78, 5) is 10.7. The number of benzene rings is 1. The molecule has 6 nitrogen and oxygen atoms in total. The van der Waals surface area contributed by atoms with Crippen molar-refractivity contribution in [3.63, 3.8) is 0 Å². The molecule has 0 aliphatic carbocycles. The summed E-state index contributed by atoms with van der Waals surface area (Å²) in [7, 11) is 0. The summed E-state index contributed by atoms with van der Waals surface area (Å²) in [5, 5.41) is 29.2. The molecule has 1 aliphatic rings. The van der Waals surface area contributed by atoms with Crippen LogP contribution < -0.4 is 10.1 Å². The van der Waals surface area contributed by atoms with Crippen molar-refractivity contribution >= 4 is 5.97 Å². The molecule has 1 aromatic rings. The predicted molar refractivity (Wildman–Crippen MR) is 78.8 cm³/mol. The number of hydrogen-bond donors (Lipinski definition) is 4. The largest absolute Gasteiger partial charge is 0.508 e. The number of hydrogen-bond acceptors (Lipinski definition) is 5. The Morgan fingerprint density at radius 1 is 1.38 bits per heavy atom. The number of aromatic hydroxyl groups is 1. The van der Waals surface area contributed by atoms with Crippen molar-refractivity contribution in [2.24, 2.45) is 5.92 Å². The molecule has 2 rings (SSSR count). The van der Waals surface area contributed by atoms with Crippen molar-refractivity contribution < 1.29 is 24.9 Å². The molecular weight excluding hydrogens is 274 g/mol. The van der Waals surface area contributed by atoms with Crippen molar-refractivity contribution in [3.8, 4) is 17.2 Å². The summed E-state index contributed by atoms with van der Waals surface area (Å²) >= 11 is 0. The fourth-order valence-corrected chi connectivity index (χ4v) is 1.95. The van der Waals surface area contributed by atoms with Gasteiger partial charge in [0.05, 0.1) is 5.92 Å². The highest BCUT2D eigenvalue weighted by molar-refractivity contribution is 5.70. The van der Waals surface area contributed by atoms with Gasteiger partial charge in [0.15, 0.2) is 11.5 Å². The number of carbonyl (C=O) groups is 1. The number of fused-ring (bicyclic) bond motifs is 1. The van der Waals surface area contributed by atoms with Gasteiger partial charge in [0.1, 0.15) is 5.75 Å². The van der Waals surface area contributed by atoms with Gasteiger partial charge in [0, 0.05) is 18.7 Å². The van der Waals surface area contributed by atoms with E-state index in [2.05, 4.69) is 5.32 Å². The Morgan fingerprint density at radius 2 is 2.10 bits per heavy atom. The highest BCUT2D eigenvalue weighted by atomic mass is 16.6. The lowest BCUT2D eigenvalue weighted by Gasteiger charge is -2.19. The predicted octanol–water partition coefficient (Wildman–Crippen LogP) is 1.96. The molecule has 118 valence electrons. The molecule has 1 aromatic carbocycles. The number of aliphatic hydroxyl groups is 1. The molecule has 0 saturated heterocycles. The molecular formula is C15H23NO5. The van der Waals surface area contributed by atoms with Crippen LogP contribution in [-0.4, -0.2) is 40.5 Å². The van der Waals surface area contributed by atoms with Gasteiger partial charge in [-0.05, 0) is 38.4 Å². The summed E-state index contributed by atoms with van der Waals surface area (Å²) < 4.78 is 4.86. The SMILES string of the molecule is CCC(C(=O)O)C(C)NCCCO.Oc1ccc2c(c1)O2. The minimum Gasteiger partial charge on any atom is -0.508 e. The monoisotopic (exact) mass is 297 g/mol. The van der Waals surface area contributed by atoms with E-state index < -0.39 is 5.97 Å². The average Bonchev–Trinajstić information content (AvgIpc) is 3.18. The van der Waals surface area contributed by atoms with Gasteiger partial charge in [-0.3, -0.25) is 4.79 Å². The third-order valence-corrected chi connectivity index (χ3v) is 3.27. The highest BCUT2D eigenvalue weighted by Gasteiger charge is 2.21. The molecule has 0 radical (unpaired) electrons. The Kier molecular flexibility index (Phi) is 6.98. The minimum atomic E-state index is -0.758. The lowest BCUT2D eigenvalue weighted by atomic mass is 9.98. The smallest absolute Gasteiger partial charge is 0.308 e. The van der Waals surface area contributed by atoms with Crippen LogP contribution in [0.2, 0.25) is 0 Å². The molecule has 0 saturated carbocycles. The number of aliphatic hydroxyl groups excluding tert-OH is 1. The number of phenolic OH excluding ortho intramolecular Hbond substituents is 1. The zero-order chi connectivity index (χ0) is 15.8. The number of rotatable bonds is 7. The molecule has 0 bridgehead atoms. The quantitative estimate of drug-likeness (QED) is 0.460. The maximum atomic E-state index is 10.7. The molecule has 0 fully saturated rings. The normalized spacial score (nSPS) is 14.0. The first-order chi connectivity index (χ1) is 9.99. The minimum absolute atomic E-state index is 0.0333. The van der Waals surface area contributed by atoms with Crippen molar-refractivity contribution in [2.75, 3.05) is 13.2 Å².